The van der Waals surface area contributed by atoms with Crippen LogP contribution in [-0.4, -0.2) is 34.3 Å². The van der Waals surface area contributed by atoms with Gasteiger partial charge in [-0.3, -0.25) is 14.3 Å². The van der Waals surface area contributed by atoms with Crippen LogP contribution in [0.1, 0.15) is 22.8 Å². The molecule has 0 atom stereocenters. The SMILES string of the molecule is COc1ccc(C(C)=O)cc1CSCC(=O)Nc1ccn(C)n1. The van der Waals surface area contributed by atoms with Crippen molar-refractivity contribution < 1.29 is 14.3 Å². The van der Waals surface area contributed by atoms with E-state index in [0.29, 0.717) is 28.6 Å². The number of hydrogen-bond donors (Lipinski definition) is 1. The number of aryl methyl sites for hydroxylation is 1. The predicted octanol–water partition coefficient (Wildman–Crippen LogP) is 2.50. The third-order valence-electron chi connectivity index (χ3n) is 3.16. The molecule has 7 heteroatoms. The van der Waals surface area contributed by atoms with Crippen LogP contribution in [0, 0.1) is 0 Å². The van der Waals surface area contributed by atoms with Gasteiger partial charge >= 0.3 is 0 Å². The maximum absolute atomic E-state index is 11.9. The van der Waals surface area contributed by atoms with Gasteiger partial charge in [-0.15, -0.1) is 11.8 Å². The molecule has 0 aliphatic heterocycles. The zero-order chi connectivity index (χ0) is 16.8. The summed E-state index contributed by atoms with van der Waals surface area (Å²) < 4.78 is 6.92. The molecular weight excluding hydrogens is 314 g/mol. The number of amides is 1. The second kappa shape index (κ2) is 7.82. The van der Waals surface area contributed by atoms with E-state index >= 15 is 0 Å². The molecule has 1 aromatic heterocycles. The lowest BCUT2D eigenvalue weighted by atomic mass is 10.1. The van der Waals surface area contributed by atoms with E-state index in [2.05, 4.69) is 10.4 Å². The summed E-state index contributed by atoms with van der Waals surface area (Å²) >= 11 is 1.45. The molecule has 1 heterocycles. The highest BCUT2D eigenvalue weighted by Gasteiger charge is 2.09. The number of carbonyl (C=O) groups is 2. The molecule has 1 amide bonds. The zero-order valence-electron chi connectivity index (χ0n) is 13.3. The Balaban J connectivity index is 1.91. The number of hydrogen-bond acceptors (Lipinski definition) is 5. The van der Waals surface area contributed by atoms with Crippen LogP contribution in [-0.2, 0) is 17.6 Å². The summed E-state index contributed by atoms with van der Waals surface area (Å²) in [6.07, 6.45) is 1.76. The summed E-state index contributed by atoms with van der Waals surface area (Å²) in [5.41, 5.74) is 1.54. The Bertz CT molecular complexity index is 712. The van der Waals surface area contributed by atoms with Crippen molar-refractivity contribution in [3.63, 3.8) is 0 Å². The lowest BCUT2D eigenvalue weighted by Gasteiger charge is -2.09. The number of nitrogens with zero attached hydrogens (tertiary/aromatic N) is 2. The Morgan fingerprint density at radius 3 is 2.74 bits per heavy atom. The molecule has 0 unspecified atom stereocenters. The number of ether oxygens (including phenoxy) is 1. The maximum atomic E-state index is 11.9. The number of methoxy groups -OCH3 is 1. The van der Waals surface area contributed by atoms with Crippen LogP contribution in [0.4, 0.5) is 5.82 Å². The number of thioether (sulfide) groups is 1. The number of benzene rings is 1. The van der Waals surface area contributed by atoms with E-state index in [1.165, 1.54) is 18.7 Å². The van der Waals surface area contributed by atoms with Gasteiger partial charge in [0.25, 0.3) is 0 Å². The van der Waals surface area contributed by atoms with Crippen molar-refractivity contribution in [3.8, 4) is 5.75 Å². The Labute approximate surface area is 139 Å². The highest BCUT2D eigenvalue weighted by atomic mass is 32.2. The number of rotatable bonds is 7. The van der Waals surface area contributed by atoms with Crippen molar-refractivity contribution in [2.75, 3.05) is 18.2 Å². The third-order valence-corrected chi connectivity index (χ3v) is 4.14. The lowest BCUT2D eigenvalue weighted by Crippen LogP contribution is -2.14. The summed E-state index contributed by atoms with van der Waals surface area (Å²) in [7, 11) is 3.38. The van der Waals surface area contributed by atoms with Crippen LogP contribution in [0.25, 0.3) is 0 Å². The molecule has 6 nitrogen and oxygen atoms in total. The first kappa shape index (κ1) is 17.1. The Morgan fingerprint density at radius 2 is 2.13 bits per heavy atom. The topological polar surface area (TPSA) is 73.2 Å². The van der Waals surface area contributed by atoms with E-state index in [4.69, 9.17) is 4.74 Å². The Morgan fingerprint density at radius 1 is 1.35 bits per heavy atom. The van der Waals surface area contributed by atoms with E-state index in [1.807, 2.05) is 6.07 Å². The van der Waals surface area contributed by atoms with Crippen molar-refractivity contribution in [2.45, 2.75) is 12.7 Å². The molecular formula is C16H19N3O3S. The minimum absolute atomic E-state index is 0.00629. The highest BCUT2D eigenvalue weighted by molar-refractivity contribution is 7.99. The third kappa shape index (κ3) is 4.85. The summed E-state index contributed by atoms with van der Waals surface area (Å²) in [4.78, 5) is 23.3. The zero-order valence-corrected chi connectivity index (χ0v) is 14.1. The lowest BCUT2D eigenvalue weighted by molar-refractivity contribution is -0.113. The van der Waals surface area contributed by atoms with Crippen LogP contribution >= 0.6 is 11.8 Å². The smallest absolute Gasteiger partial charge is 0.235 e. The number of anilines is 1. The van der Waals surface area contributed by atoms with Crippen LogP contribution < -0.4 is 10.1 Å². The summed E-state index contributed by atoms with van der Waals surface area (Å²) in [5.74, 6) is 2.02. The van der Waals surface area contributed by atoms with Gasteiger partial charge in [-0.2, -0.15) is 5.10 Å². The number of carbonyl (C=O) groups excluding carboxylic acids is 2. The molecule has 2 rings (SSSR count). The molecule has 23 heavy (non-hydrogen) atoms. The van der Waals surface area contributed by atoms with Gasteiger partial charge in [0.1, 0.15) is 5.75 Å². The molecule has 0 saturated carbocycles. The average Bonchev–Trinajstić information content (AvgIpc) is 2.92. The maximum Gasteiger partial charge on any atom is 0.235 e. The quantitative estimate of drug-likeness (QED) is 0.788. The number of nitrogens with one attached hydrogen (secondary N) is 1. The number of Topliss-reactive ketones (excluding diaryl/α,β-unsaturated/α-hetero) is 1. The molecule has 0 fully saturated rings. The van der Waals surface area contributed by atoms with Gasteiger partial charge in [-0.1, -0.05) is 0 Å². The van der Waals surface area contributed by atoms with Gasteiger partial charge in [0.2, 0.25) is 5.91 Å². The van der Waals surface area contributed by atoms with Crippen LogP contribution in [0.3, 0.4) is 0 Å². The van der Waals surface area contributed by atoms with Gasteiger partial charge < -0.3 is 10.1 Å². The fourth-order valence-corrected chi connectivity index (χ4v) is 2.83. The Kier molecular flexibility index (Phi) is 5.81. The monoisotopic (exact) mass is 333 g/mol. The largest absolute Gasteiger partial charge is 0.496 e. The van der Waals surface area contributed by atoms with Crippen LogP contribution in [0.2, 0.25) is 0 Å². The van der Waals surface area contributed by atoms with Crippen molar-refractivity contribution >= 4 is 29.3 Å². The van der Waals surface area contributed by atoms with Gasteiger partial charge in [-0.05, 0) is 25.1 Å². The Hall–Kier alpha value is -2.28. The first-order valence-corrected chi connectivity index (χ1v) is 8.20. The summed E-state index contributed by atoms with van der Waals surface area (Å²) in [5, 5.41) is 6.82. The molecule has 0 aliphatic carbocycles. The van der Waals surface area contributed by atoms with Gasteiger partial charge in [0.05, 0.1) is 12.9 Å². The molecule has 1 N–H and O–H groups in total. The highest BCUT2D eigenvalue weighted by Crippen LogP contribution is 2.25. The molecule has 122 valence electrons. The normalized spacial score (nSPS) is 10.4. The number of ketones is 1. The molecule has 0 radical (unpaired) electrons. The van der Waals surface area contributed by atoms with Crippen molar-refractivity contribution in [2.24, 2.45) is 7.05 Å². The second-order valence-electron chi connectivity index (χ2n) is 5.00. The van der Waals surface area contributed by atoms with Gasteiger partial charge in [-0.25, -0.2) is 0 Å². The predicted molar refractivity (Wildman–Crippen MR) is 91.0 cm³/mol. The first-order chi connectivity index (χ1) is 11.0. The van der Waals surface area contributed by atoms with E-state index in [-0.39, 0.29) is 11.7 Å². The second-order valence-corrected chi connectivity index (χ2v) is 5.98. The molecule has 1 aromatic carbocycles. The van der Waals surface area contributed by atoms with Crippen molar-refractivity contribution in [3.05, 3.63) is 41.6 Å². The molecule has 0 aliphatic rings. The molecule has 0 saturated heterocycles. The summed E-state index contributed by atoms with van der Waals surface area (Å²) in [6.45, 7) is 1.53. The van der Waals surface area contributed by atoms with E-state index < -0.39 is 0 Å². The average molecular weight is 333 g/mol. The van der Waals surface area contributed by atoms with E-state index in [1.54, 1.807) is 43.2 Å². The van der Waals surface area contributed by atoms with Crippen LogP contribution in [0.15, 0.2) is 30.5 Å². The molecule has 0 bridgehead atoms. The van der Waals surface area contributed by atoms with Gasteiger partial charge in [0, 0.05) is 36.2 Å². The van der Waals surface area contributed by atoms with Gasteiger partial charge in [0.15, 0.2) is 11.6 Å². The molecule has 2 aromatic rings. The van der Waals surface area contributed by atoms with Crippen molar-refractivity contribution in [1.29, 1.82) is 0 Å². The summed E-state index contributed by atoms with van der Waals surface area (Å²) in [6, 6.07) is 7.07. The fraction of sp³-hybridized carbons (Fsp3) is 0.312. The fourth-order valence-electron chi connectivity index (χ4n) is 2.02. The minimum Gasteiger partial charge on any atom is -0.496 e. The van der Waals surface area contributed by atoms with Crippen molar-refractivity contribution in [1.82, 2.24) is 9.78 Å². The van der Waals surface area contributed by atoms with E-state index in [0.717, 1.165) is 5.56 Å². The standard InChI is InChI=1S/C16H19N3O3S/c1-11(20)12-4-5-14(22-3)13(8-12)9-23-10-16(21)17-15-6-7-19(2)18-15/h4-8H,9-10H2,1-3H3,(H,17,18,21). The van der Waals surface area contributed by atoms with E-state index in [9.17, 15) is 9.59 Å². The first-order valence-electron chi connectivity index (χ1n) is 7.04. The molecule has 0 spiro atoms. The minimum atomic E-state index is -0.115. The van der Waals surface area contributed by atoms with Crippen LogP contribution in [0.5, 0.6) is 5.75 Å². The number of aromatic nitrogens is 2.